The zero-order valence-corrected chi connectivity index (χ0v) is 14.8. The van der Waals surface area contributed by atoms with Gasteiger partial charge in [-0.3, -0.25) is 4.79 Å². The first-order chi connectivity index (χ1) is 13.1. The molecule has 0 unspecified atom stereocenters. The summed E-state index contributed by atoms with van der Waals surface area (Å²) in [5, 5.41) is 14.9. The molecule has 0 aliphatic heterocycles. The van der Waals surface area contributed by atoms with Gasteiger partial charge in [0.15, 0.2) is 0 Å². The van der Waals surface area contributed by atoms with Crippen LogP contribution in [0.3, 0.4) is 0 Å². The Morgan fingerprint density at radius 2 is 1.85 bits per heavy atom. The van der Waals surface area contributed by atoms with Gasteiger partial charge in [0, 0.05) is 18.2 Å². The summed E-state index contributed by atoms with van der Waals surface area (Å²) in [6.07, 6.45) is 0. The van der Waals surface area contributed by atoms with Crippen LogP contribution >= 0.6 is 0 Å². The van der Waals surface area contributed by atoms with Gasteiger partial charge in [-0.1, -0.05) is 42.5 Å². The van der Waals surface area contributed by atoms with Crippen LogP contribution in [-0.4, -0.2) is 34.7 Å². The number of benzene rings is 2. The maximum absolute atomic E-state index is 10.8. The summed E-state index contributed by atoms with van der Waals surface area (Å²) in [5.41, 5.74) is 2.66. The van der Waals surface area contributed by atoms with Gasteiger partial charge in [-0.05, 0) is 17.7 Å². The number of hydrogen-bond acceptors (Lipinski definition) is 6. The third kappa shape index (κ3) is 5.18. The Kier molecular flexibility index (Phi) is 5.84. The molecule has 7 heteroatoms. The van der Waals surface area contributed by atoms with Crippen molar-refractivity contribution in [3.63, 3.8) is 0 Å². The lowest BCUT2D eigenvalue weighted by molar-refractivity contribution is -0.134. The van der Waals surface area contributed by atoms with Gasteiger partial charge < -0.3 is 20.5 Å². The van der Waals surface area contributed by atoms with Crippen LogP contribution in [0.1, 0.15) is 5.56 Å². The standard InChI is InChI=1S/C20H20N4O3/c1-27-16-9-5-6-14(10-16)12-21-18-11-17(15-7-3-2-4-8-15)23-20(24-18)22-13-19(25)26/h2-11H,12-13H2,1H3,(H,25,26)(H2,21,22,23,24). The maximum atomic E-state index is 10.8. The van der Waals surface area contributed by atoms with Gasteiger partial charge in [-0.25, -0.2) is 4.98 Å². The normalized spacial score (nSPS) is 10.3. The van der Waals surface area contributed by atoms with Crippen molar-refractivity contribution in [1.82, 2.24) is 9.97 Å². The number of aliphatic carboxylic acids is 1. The predicted molar refractivity (Wildman–Crippen MR) is 104 cm³/mol. The van der Waals surface area contributed by atoms with Crippen LogP contribution in [0.4, 0.5) is 11.8 Å². The first-order valence-electron chi connectivity index (χ1n) is 8.41. The van der Waals surface area contributed by atoms with Crippen molar-refractivity contribution in [1.29, 1.82) is 0 Å². The molecular weight excluding hydrogens is 344 g/mol. The Balaban J connectivity index is 1.83. The first-order valence-corrected chi connectivity index (χ1v) is 8.41. The molecule has 3 aromatic rings. The molecule has 2 aromatic carbocycles. The zero-order chi connectivity index (χ0) is 19.1. The highest BCUT2D eigenvalue weighted by Gasteiger charge is 2.08. The van der Waals surface area contributed by atoms with Crippen molar-refractivity contribution in [2.75, 3.05) is 24.3 Å². The molecule has 0 aliphatic rings. The molecule has 0 aliphatic carbocycles. The van der Waals surface area contributed by atoms with Gasteiger partial charge in [-0.2, -0.15) is 4.98 Å². The second kappa shape index (κ2) is 8.66. The molecule has 7 nitrogen and oxygen atoms in total. The summed E-state index contributed by atoms with van der Waals surface area (Å²) in [5.74, 6) is 0.659. The lowest BCUT2D eigenvalue weighted by Crippen LogP contribution is -2.15. The molecule has 0 bridgehead atoms. The minimum absolute atomic E-state index is 0.256. The fourth-order valence-electron chi connectivity index (χ4n) is 2.50. The summed E-state index contributed by atoms with van der Waals surface area (Å²) in [7, 11) is 1.63. The summed E-state index contributed by atoms with van der Waals surface area (Å²) in [4.78, 5) is 19.6. The van der Waals surface area contributed by atoms with Gasteiger partial charge in [0.05, 0.1) is 12.8 Å². The van der Waals surface area contributed by atoms with E-state index in [0.717, 1.165) is 16.9 Å². The lowest BCUT2D eigenvalue weighted by atomic mass is 10.1. The van der Waals surface area contributed by atoms with E-state index in [1.54, 1.807) is 7.11 Å². The Bertz CT molecular complexity index is 916. The molecule has 3 N–H and O–H groups in total. The Morgan fingerprint density at radius 1 is 1.04 bits per heavy atom. The van der Waals surface area contributed by atoms with Crippen molar-refractivity contribution in [3.05, 3.63) is 66.2 Å². The number of rotatable bonds is 8. The summed E-state index contributed by atoms with van der Waals surface area (Å²) >= 11 is 0. The van der Waals surface area contributed by atoms with Crippen LogP contribution < -0.4 is 15.4 Å². The third-order valence-corrected chi connectivity index (χ3v) is 3.80. The fourth-order valence-corrected chi connectivity index (χ4v) is 2.50. The number of aromatic nitrogens is 2. The molecule has 0 saturated carbocycles. The van der Waals surface area contributed by atoms with Crippen LogP contribution in [0, 0.1) is 0 Å². The summed E-state index contributed by atoms with van der Waals surface area (Å²) < 4.78 is 5.24. The molecule has 138 valence electrons. The Labute approximate surface area is 157 Å². The molecular formula is C20H20N4O3. The molecule has 0 fully saturated rings. The number of ether oxygens (including phenoxy) is 1. The number of carboxylic acid groups (broad SMARTS) is 1. The number of nitrogens with zero attached hydrogens (tertiary/aromatic N) is 2. The van der Waals surface area contributed by atoms with Crippen LogP contribution in [0.2, 0.25) is 0 Å². The van der Waals surface area contributed by atoms with Crippen LogP contribution in [0.25, 0.3) is 11.3 Å². The van der Waals surface area contributed by atoms with Gasteiger partial charge in [0.25, 0.3) is 0 Å². The Hall–Kier alpha value is -3.61. The van der Waals surface area contributed by atoms with Crippen LogP contribution in [-0.2, 0) is 11.3 Å². The molecule has 0 spiro atoms. The Morgan fingerprint density at radius 3 is 2.59 bits per heavy atom. The highest BCUT2D eigenvalue weighted by Crippen LogP contribution is 2.22. The largest absolute Gasteiger partial charge is 0.497 e. The van der Waals surface area contributed by atoms with Gasteiger partial charge in [0.2, 0.25) is 5.95 Å². The zero-order valence-electron chi connectivity index (χ0n) is 14.8. The third-order valence-electron chi connectivity index (χ3n) is 3.80. The summed E-state index contributed by atoms with van der Waals surface area (Å²) in [6, 6.07) is 19.2. The quantitative estimate of drug-likeness (QED) is 0.564. The molecule has 0 amide bonds. The smallest absolute Gasteiger partial charge is 0.322 e. The molecule has 0 atom stereocenters. The van der Waals surface area contributed by atoms with E-state index in [0.29, 0.717) is 18.1 Å². The van der Waals surface area contributed by atoms with Crippen molar-refractivity contribution in [2.24, 2.45) is 0 Å². The lowest BCUT2D eigenvalue weighted by Gasteiger charge is -2.11. The van der Waals surface area contributed by atoms with E-state index in [9.17, 15) is 4.79 Å². The average Bonchev–Trinajstić information content (AvgIpc) is 2.71. The molecule has 1 heterocycles. The van der Waals surface area contributed by atoms with Crippen LogP contribution in [0.5, 0.6) is 5.75 Å². The van der Waals surface area contributed by atoms with Gasteiger partial charge >= 0.3 is 5.97 Å². The minimum Gasteiger partial charge on any atom is -0.497 e. The predicted octanol–water partition coefficient (Wildman–Crippen LogP) is 3.26. The molecule has 27 heavy (non-hydrogen) atoms. The fraction of sp³-hybridized carbons (Fsp3) is 0.150. The van der Waals surface area contributed by atoms with E-state index in [1.807, 2.05) is 60.7 Å². The second-order valence-corrected chi connectivity index (χ2v) is 5.78. The van der Waals surface area contributed by atoms with E-state index in [2.05, 4.69) is 20.6 Å². The van der Waals surface area contributed by atoms with Gasteiger partial charge in [-0.15, -0.1) is 0 Å². The molecule has 0 radical (unpaired) electrons. The first kappa shape index (κ1) is 18.2. The highest BCUT2D eigenvalue weighted by atomic mass is 16.5. The van der Waals surface area contributed by atoms with Crippen molar-refractivity contribution < 1.29 is 14.6 Å². The monoisotopic (exact) mass is 364 g/mol. The molecule has 0 saturated heterocycles. The minimum atomic E-state index is -0.977. The number of carbonyl (C=O) groups is 1. The van der Waals surface area contributed by atoms with Crippen molar-refractivity contribution in [2.45, 2.75) is 6.54 Å². The van der Waals surface area contributed by atoms with Crippen molar-refractivity contribution >= 4 is 17.7 Å². The van der Waals surface area contributed by atoms with E-state index in [1.165, 1.54) is 0 Å². The number of carboxylic acids is 1. The highest BCUT2D eigenvalue weighted by molar-refractivity contribution is 5.72. The topological polar surface area (TPSA) is 96.4 Å². The SMILES string of the molecule is COc1cccc(CNc2cc(-c3ccccc3)nc(NCC(=O)O)n2)c1. The van der Waals surface area contributed by atoms with E-state index in [-0.39, 0.29) is 12.5 Å². The second-order valence-electron chi connectivity index (χ2n) is 5.78. The average molecular weight is 364 g/mol. The number of methoxy groups -OCH3 is 1. The number of nitrogens with one attached hydrogen (secondary N) is 2. The number of hydrogen-bond donors (Lipinski definition) is 3. The summed E-state index contributed by atoms with van der Waals surface area (Å²) in [6.45, 7) is 0.286. The maximum Gasteiger partial charge on any atom is 0.322 e. The van der Waals surface area contributed by atoms with E-state index < -0.39 is 5.97 Å². The van der Waals surface area contributed by atoms with E-state index >= 15 is 0 Å². The molecule has 3 rings (SSSR count). The van der Waals surface area contributed by atoms with Crippen LogP contribution in [0.15, 0.2) is 60.7 Å². The van der Waals surface area contributed by atoms with Crippen molar-refractivity contribution in [3.8, 4) is 17.0 Å². The number of anilines is 2. The van der Waals surface area contributed by atoms with Gasteiger partial charge in [0.1, 0.15) is 18.1 Å². The van der Waals surface area contributed by atoms with E-state index in [4.69, 9.17) is 9.84 Å². The molecule has 1 aromatic heterocycles.